The number of benzene rings is 3. The fourth-order valence-corrected chi connectivity index (χ4v) is 3.29. The van der Waals surface area contributed by atoms with E-state index < -0.39 is 44.8 Å². The summed E-state index contributed by atoms with van der Waals surface area (Å²) in [7, 11) is -3.18. The van der Waals surface area contributed by atoms with E-state index in [0.29, 0.717) is 16.4 Å². The molecule has 0 bridgehead atoms. The Morgan fingerprint density at radius 2 is 0.758 bits per heavy atom. The fraction of sp³-hybridized carbons (Fsp3) is 0.143. The summed E-state index contributed by atoms with van der Waals surface area (Å²) in [6.45, 7) is 1.89. The average Bonchev–Trinajstić information content (AvgIpc) is 2.78. The molecule has 1 heterocycles. The number of aryl methyl sites for hydroxylation is 1. The van der Waals surface area contributed by atoms with Gasteiger partial charge < -0.3 is 13.7 Å². The second kappa shape index (κ2) is 8.93. The summed E-state index contributed by atoms with van der Waals surface area (Å²) >= 11 is 0. The molecule has 0 radical (unpaired) electrons. The van der Waals surface area contributed by atoms with Gasteiger partial charge in [0.1, 0.15) is 0 Å². The van der Waals surface area contributed by atoms with Crippen molar-refractivity contribution in [1.82, 2.24) is 0 Å². The second-order valence-electron chi connectivity index (χ2n) is 7.55. The van der Waals surface area contributed by atoms with Gasteiger partial charge in [0.15, 0.2) is 0 Å². The summed E-state index contributed by atoms with van der Waals surface area (Å²) in [4.78, 5) is 0. The SMILES string of the molecule is Cc1ccc(B2OB(c3ccc(C(F)(F)F)cc3)OB(c3ccc(C(F)(F)F)cc3)O2)cc1. The summed E-state index contributed by atoms with van der Waals surface area (Å²) in [6, 6.07) is 15.7. The minimum Gasteiger partial charge on any atom is -0.445 e. The van der Waals surface area contributed by atoms with Crippen LogP contribution in [-0.4, -0.2) is 21.4 Å². The Kier molecular flexibility index (Phi) is 6.35. The first-order valence-corrected chi connectivity index (χ1v) is 9.88. The van der Waals surface area contributed by atoms with Crippen LogP contribution in [0.4, 0.5) is 26.3 Å². The Morgan fingerprint density at radius 3 is 1.03 bits per heavy atom. The lowest BCUT2D eigenvalue weighted by molar-refractivity contribution is -0.138. The van der Waals surface area contributed by atoms with Gasteiger partial charge in [-0.05, 0) is 23.3 Å². The molecule has 3 nitrogen and oxygen atoms in total. The Morgan fingerprint density at radius 1 is 0.485 bits per heavy atom. The Hall–Kier alpha value is -2.69. The maximum absolute atomic E-state index is 12.9. The molecule has 0 spiro atoms. The summed E-state index contributed by atoms with van der Waals surface area (Å²) in [6.07, 6.45) is -8.99. The van der Waals surface area contributed by atoms with Crippen molar-refractivity contribution in [2.75, 3.05) is 0 Å². The molecule has 3 aromatic rings. The minimum atomic E-state index is -4.50. The highest BCUT2D eigenvalue weighted by molar-refractivity contribution is 6.87. The molecule has 0 unspecified atom stereocenters. The van der Waals surface area contributed by atoms with E-state index in [2.05, 4.69) is 0 Å². The van der Waals surface area contributed by atoms with Crippen LogP contribution in [0.15, 0.2) is 72.8 Å². The summed E-state index contributed by atoms with van der Waals surface area (Å²) in [5, 5.41) is 0. The van der Waals surface area contributed by atoms with Crippen LogP contribution in [0.2, 0.25) is 0 Å². The van der Waals surface area contributed by atoms with Gasteiger partial charge in [0.05, 0.1) is 11.1 Å². The summed E-state index contributed by atoms with van der Waals surface area (Å²) < 4.78 is 95.0. The first kappa shape index (κ1) is 23.5. The van der Waals surface area contributed by atoms with Crippen LogP contribution in [0.1, 0.15) is 16.7 Å². The number of halogens is 6. The van der Waals surface area contributed by atoms with Gasteiger partial charge in [-0.25, -0.2) is 0 Å². The zero-order valence-corrected chi connectivity index (χ0v) is 17.2. The fourth-order valence-electron chi connectivity index (χ4n) is 3.29. The third-order valence-corrected chi connectivity index (χ3v) is 5.11. The molecular weight excluding hydrogens is 447 g/mol. The van der Waals surface area contributed by atoms with Gasteiger partial charge in [-0.1, -0.05) is 78.4 Å². The van der Waals surface area contributed by atoms with Gasteiger partial charge in [0.25, 0.3) is 0 Å². The van der Waals surface area contributed by atoms with Gasteiger partial charge in [-0.15, -0.1) is 0 Å². The van der Waals surface area contributed by atoms with Crippen molar-refractivity contribution in [2.45, 2.75) is 19.3 Å². The molecule has 0 aromatic heterocycles. The molecule has 0 saturated carbocycles. The summed E-state index contributed by atoms with van der Waals surface area (Å²) in [5.41, 5.74) is 0.572. The van der Waals surface area contributed by atoms with Gasteiger partial charge in [0, 0.05) is 0 Å². The van der Waals surface area contributed by atoms with Crippen LogP contribution in [0, 0.1) is 6.92 Å². The van der Waals surface area contributed by atoms with E-state index >= 15 is 0 Å². The summed E-state index contributed by atoms with van der Waals surface area (Å²) in [5.74, 6) is 0. The quantitative estimate of drug-likeness (QED) is 0.441. The van der Waals surface area contributed by atoms with Crippen molar-refractivity contribution in [2.24, 2.45) is 0 Å². The third kappa shape index (κ3) is 5.46. The van der Waals surface area contributed by atoms with Crippen molar-refractivity contribution in [3.63, 3.8) is 0 Å². The molecule has 1 fully saturated rings. The largest absolute Gasteiger partial charge is 0.467 e. The van der Waals surface area contributed by atoms with Crippen LogP contribution >= 0.6 is 0 Å². The van der Waals surface area contributed by atoms with Crippen LogP contribution in [0.25, 0.3) is 0 Å². The predicted molar refractivity (Wildman–Crippen MR) is 113 cm³/mol. The lowest BCUT2D eigenvalue weighted by atomic mass is 9.61. The molecule has 1 aliphatic rings. The van der Waals surface area contributed by atoms with Gasteiger partial charge in [0.2, 0.25) is 0 Å². The number of alkyl halides is 6. The van der Waals surface area contributed by atoms with Crippen molar-refractivity contribution in [3.8, 4) is 0 Å². The Bertz CT molecular complexity index is 1020. The standard InChI is InChI=1S/C21H15B3F6O3/c1-14-2-8-17(9-3-14)22-31-23(18-10-4-15(5-11-18)20(25,26)27)33-24(32-22)19-12-6-16(7-13-19)21(28,29)30/h2-13H,1H3. The molecule has 0 amide bonds. The molecular formula is C21H15B3F6O3. The van der Waals surface area contributed by atoms with Gasteiger partial charge in [-0.2, -0.15) is 26.3 Å². The molecule has 168 valence electrons. The molecule has 0 N–H and O–H groups in total. The topological polar surface area (TPSA) is 27.7 Å². The predicted octanol–water partition coefficient (Wildman–Crippen LogP) is 3.58. The highest BCUT2D eigenvalue weighted by Crippen LogP contribution is 2.29. The molecule has 4 rings (SSSR count). The molecule has 12 heteroatoms. The lowest BCUT2D eigenvalue weighted by Gasteiger charge is -2.31. The van der Waals surface area contributed by atoms with Crippen molar-refractivity contribution >= 4 is 37.7 Å². The number of hydrogen-bond acceptors (Lipinski definition) is 3. The van der Waals surface area contributed by atoms with Gasteiger partial charge in [-0.3, -0.25) is 0 Å². The van der Waals surface area contributed by atoms with E-state index in [1.807, 2.05) is 19.1 Å². The smallest absolute Gasteiger partial charge is 0.445 e. The van der Waals surface area contributed by atoms with Crippen molar-refractivity contribution in [1.29, 1.82) is 0 Å². The van der Waals surface area contributed by atoms with Crippen LogP contribution in [-0.2, 0) is 26.1 Å². The van der Waals surface area contributed by atoms with Crippen LogP contribution in [0.3, 0.4) is 0 Å². The molecule has 0 aliphatic carbocycles. The van der Waals surface area contributed by atoms with E-state index in [1.165, 1.54) is 24.3 Å². The highest BCUT2D eigenvalue weighted by atomic mass is 19.4. The monoisotopic (exact) mass is 462 g/mol. The average molecular weight is 462 g/mol. The second-order valence-corrected chi connectivity index (χ2v) is 7.55. The molecule has 1 aliphatic heterocycles. The number of rotatable bonds is 3. The Balaban J connectivity index is 1.64. The van der Waals surface area contributed by atoms with E-state index in [9.17, 15) is 26.3 Å². The molecule has 0 atom stereocenters. The zero-order chi connectivity index (χ0) is 23.8. The van der Waals surface area contributed by atoms with Crippen molar-refractivity contribution in [3.05, 3.63) is 89.5 Å². The van der Waals surface area contributed by atoms with E-state index in [1.54, 1.807) is 12.1 Å². The first-order valence-electron chi connectivity index (χ1n) is 9.88. The maximum Gasteiger partial charge on any atom is 0.467 e. The van der Waals surface area contributed by atoms with E-state index in [4.69, 9.17) is 13.7 Å². The van der Waals surface area contributed by atoms with E-state index in [-0.39, 0.29) is 0 Å². The number of hydrogen-bond donors (Lipinski definition) is 0. The third-order valence-electron chi connectivity index (χ3n) is 5.11. The molecule has 3 aromatic carbocycles. The first-order chi connectivity index (χ1) is 15.5. The normalized spacial score (nSPS) is 15.2. The molecule has 33 heavy (non-hydrogen) atoms. The minimum absolute atomic E-state index is 0.306. The maximum atomic E-state index is 12.9. The van der Waals surface area contributed by atoms with Crippen LogP contribution < -0.4 is 16.4 Å². The lowest BCUT2D eigenvalue weighted by Crippen LogP contribution is -2.61. The molecule has 1 saturated heterocycles. The van der Waals surface area contributed by atoms with Gasteiger partial charge >= 0.3 is 33.7 Å². The van der Waals surface area contributed by atoms with Crippen molar-refractivity contribution < 1.29 is 40.1 Å². The van der Waals surface area contributed by atoms with Crippen LogP contribution in [0.5, 0.6) is 0 Å². The zero-order valence-electron chi connectivity index (χ0n) is 17.2. The van der Waals surface area contributed by atoms with E-state index in [0.717, 1.165) is 29.8 Å². The Labute approximate surface area is 187 Å². The highest BCUT2D eigenvalue weighted by Gasteiger charge is 2.44.